The summed E-state index contributed by atoms with van der Waals surface area (Å²) in [5.41, 5.74) is 4.64. The molecule has 1 fully saturated rings. The van der Waals surface area contributed by atoms with Gasteiger partial charge in [0.05, 0.1) is 0 Å². The number of aryl methyl sites for hydroxylation is 1. The number of phenols is 1. The van der Waals surface area contributed by atoms with Gasteiger partial charge < -0.3 is 5.11 Å². The molecule has 1 N–H and O–H groups in total. The lowest BCUT2D eigenvalue weighted by molar-refractivity contribution is 0.420. The second-order valence-corrected chi connectivity index (χ2v) is 5.27. The van der Waals surface area contributed by atoms with Crippen molar-refractivity contribution in [3.05, 3.63) is 53.6 Å². The highest BCUT2D eigenvalue weighted by Gasteiger charge is 2.19. The van der Waals surface area contributed by atoms with Gasteiger partial charge in [0.2, 0.25) is 0 Å². The second kappa shape index (κ2) is 4.49. The Kier molecular flexibility index (Phi) is 2.83. The predicted octanol–water partition coefficient (Wildman–Crippen LogP) is 4.64. The van der Waals surface area contributed by atoms with Crippen molar-refractivity contribution in [2.75, 3.05) is 0 Å². The highest BCUT2D eigenvalue weighted by molar-refractivity contribution is 5.71. The third kappa shape index (κ3) is 2.01. The average molecular weight is 238 g/mol. The van der Waals surface area contributed by atoms with Crippen LogP contribution in [0.4, 0.5) is 0 Å². The molecule has 0 atom stereocenters. The molecule has 3 rings (SSSR count). The minimum atomic E-state index is 0.358. The fourth-order valence-electron chi connectivity index (χ4n) is 2.56. The smallest absolute Gasteiger partial charge is 0.123 e. The molecule has 0 radical (unpaired) electrons. The van der Waals surface area contributed by atoms with Gasteiger partial charge in [-0.15, -0.1) is 0 Å². The van der Waals surface area contributed by atoms with Crippen LogP contribution in [-0.4, -0.2) is 5.11 Å². The molecule has 0 saturated heterocycles. The van der Waals surface area contributed by atoms with E-state index in [2.05, 4.69) is 24.3 Å². The van der Waals surface area contributed by atoms with E-state index in [4.69, 9.17) is 0 Å². The van der Waals surface area contributed by atoms with Crippen LogP contribution < -0.4 is 0 Å². The van der Waals surface area contributed by atoms with E-state index in [0.717, 1.165) is 17.0 Å². The van der Waals surface area contributed by atoms with Crippen LogP contribution in [0.1, 0.15) is 36.3 Å². The molecule has 0 bridgehead atoms. The van der Waals surface area contributed by atoms with Gasteiger partial charge >= 0.3 is 0 Å². The molecular weight excluding hydrogens is 220 g/mol. The third-order valence-corrected chi connectivity index (χ3v) is 3.95. The van der Waals surface area contributed by atoms with Crippen LogP contribution >= 0.6 is 0 Å². The summed E-state index contributed by atoms with van der Waals surface area (Å²) in [4.78, 5) is 0. The van der Waals surface area contributed by atoms with Crippen molar-refractivity contribution in [2.24, 2.45) is 0 Å². The first-order valence-corrected chi connectivity index (χ1v) is 6.64. The van der Waals surface area contributed by atoms with E-state index >= 15 is 0 Å². The quantitative estimate of drug-likeness (QED) is 0.808. The number of hydrogen-bond donors (Lipinski definition) is 1. The van der Waals surface area contributed by atoms with Gasteiger partial charge in [0.25, 0.3) is 0 Å². The molecular formula is C17H18O. The van der Waals surface area contributed by atoms with E-state index in [0.29, 0.717) is 5.75 Å². The van der Waals surface area contributed by atoms with Crippen LogP contribution in [0.25, 0.3) is 11.1 Å². The van der Waals surface area contributed by atoms with Crippen LogP contribution in [0.15, 0.2) is 42.5 Å². The van der Waals surface area contributed by atoms with Gasteiger partial charge in [-0.1, -0.05) is 42.3 Å². The zero-order valence-corrected chi connectivity index (χ0v) is 10.7. The Morgan fingerprint density at radius 1 is 1.00 bits per heavy atom. The molecule has 0 aromatic heterocycles. The van der Waals surface area contributed by atoms with Crippen LogP contribution in [-0.2, 0) is 0 Å². The number of phenolic OH excluding ortho intramolecular Hbond substituents is 1. The van der Waals surface area contributed by atoms with Crippen molar-refractivity contribution in [2.45, 2.75) is 32.1 Å². The van der Waals surface area contributed by atoms with Crippen LogP contribution in [0.3, 0.4) is 0 Å². The molecule has 1 saturated carbocycles. The summed E-state index contributed by atoms with van der Waals surface area (Å²) in [6.07, 6.45) is 4.02. The van der Waals surface area contributed by atoms with Gasteiger partial charge in [0.15, 0.2) is 0 Å². The molecule has 1 heteroatoms. The van der Waals surface area contributed by atoms with Crippen molar-refractivity contribution in [1.29, 1.82) is 0 Å². The Bertz CT molecular complexity index is 550. The van der Waals surface area contributed by atoms with Crippen molar-refractivity contribution < 1.29 is 5.11 Å². The molecule has 0 heterocycles. The van der Waals surface area contributed by atoms with Crippen molar-refractivity contribution in [3.63, 3.8) is 0 Å². The zero-order chi connectivity index (χ0) is 12.5. The Morgan fingerprint density at radius 3 is 2.33 bits per heavy atom. The monoisotopic (exact) mass is 238 g/mol. The molecule has 1 aliphatic carbocycles. The number of benzene rings is 2. The van der Waals surface area contributed by atoms with Gasteiger partial charge in [-0.3, -0.25) is 0 Å². The lowest BCUT2D eigenvalue weighted by Gasteiger charge is -2.25. The average Bonchev–Trinajstić information content (AvgIpc) is 2.31. The van der Waals surface area contributed by atoms with Gasteiger partial charge in [-0.05, 0) is 48.9 Å². The van der Waals surface area contributed by atoms with Gasteiger partial charge in [0, 0.05) is 5.56 Å². The molecule has 92 valence electrons. The minimum Gasteiger partial charge on any atom is -0.507 e. The molecule has 2 aromatic carbocycles. The van der Waals surface area contributed by atoms with Crippen LogP contribution in [0.5, 0.6) is 5.75 Å². The van der Waals surface area contributed by atoms with Gasteiger partial charge in [0.1, 0.15) is 5.75 Å². The Morgan fingerprint density at radius 2 is 1.72 bits per heavy atom. The summed E-state index contributed by atoms with van der Waals surface area (Å²) in [7, 11) is 0. The summed E-state index contributed by atoms with van der Waals surface area (Å²) in [6, 6.07) is 14.4. The van der Waals surface area contributed by atoms with Crippen LogP contribution in [0, 0.1) is 6.92 Å². The molecule has 18 heavy (non-hydrogen) atoms. The lowest BCUT2D eigenvalue weighted by atomic mass is 9.80. The van der Waals surface area contributed by atoms with Gasteiger partial charge in [-0.25, -0.2) is 0 Å². The van der Waals surface area contributed by atoms with Crippen molar-refractivity contribution >= 4 is 0 Å². The predicted molar refractivity (Wildman–Crippen MR) is 74.9 cm³/mol. The standard InChI is InChI=1S/C17H18O/c1-12-5-10-17(18)16(11-12)15-8-6-14(7-9-15)13-3-2-4-13/h5-11,13,18H,2-4H2,1H3. The molecule has 1 aliphatic rings. The highest BCUT2D eigenvalue weighted by Crippen LogP contribution is 2.37. The first kappa shape index (κ1) is 11.3. The zero-order valence-electron chi connectivity index (χ0n) is 10.7. The normalized spacial score (nSPS) is 15.4. The Labute approximate surface area is 108 Å². The number of hydrogen-bond acceptors (Lipinski definition) is 1. The molecule has 0 aliphatic heterocycles. The summed E-state index contributed by atoms with van der Waals surface area (Å²) < 4.78 is 0. The summed E-state index contributed by atoms with van der Waals surface area (Å²) in [5, 5.41) is 9.92. The van der Waals surface area contributed by atoms with E-state index in [-0.39, 0.29) is 0 Å². The van der Waals surface area contributed by atoms with E-state index in [1.807, 2.05) is 19.1 Å². The highest BCUT2D eigenvalue weighted by atomic mass is 16.3. The molecule has 1 nitrogen and oxygen atoms in total. The SMILES string of the molecule is Cc1ccc(O)c(-c2ccc(C3CCC3)cc2)c1. The fraction of sp³-hybridized carbons (Fsp3) is 0.294. The third-order valence-electron chi connectivity index (χ3n) is 3.95. The maximum Gasteiger partial charge on any atom is 0.123 e. The first-order valence-electron chi connectivity index (χ1n) is 6.64. The van der Waals surface area contributed by atoms with Crippen molar-refractivity contribution in [3.8, 4) is 16.9 Å². The largest absolute Gasteiger partial charge is 0.507 e. The molecule has 0 spiro atoms. The minimum absolute atomic E-state index is 0.358. The summed E-state index contributed by atoms with van der Waals surface area (Å²) in [5.74, 6) is 1.13. The molecule has 0 amide bonds. The fourth-order valence-corrected chi connectivity index (χ4v) is 2.56. The topological polar surface area (TPSA) is 20.2 Å². The Balaban J connectivity index is 1.94. The van der Waals surface area contributed by atoms with E-state index < -0.39 is 0 Å². The summed E-state index contributed by atoms with van der Waals surface area (Å²) >= 11 is 0. The molecule has 0 unspecified atom stereocenters. The number of aromatic hydroxyl groups is 1. The maximum atomic E-state index is 9.92. The summed E-state index contributed by atoms with van der Waals surface area (Å²) in [6.45, 7) is 2.05. The van der Waals surface area contributed by atoms with Crippen molar-refractivity contribution in [1.82, 2.24) is 0 Å². The molecule has 2 aromatic rings. The number of rotatable bonds is 2. The maximum absolute atomic E-state index is 9.92. The lowest BCUT2D eigenvalue weighted by Crippen LogP contribution is -2.08. The first-order chi connectivity index (χ1) is 8.74. The van der Waals surface area contributed by atoms with Crippen LogP contribution in [0.2, 0.25) is 0 Å². The Hall–Kier alpha value is -1.76. The van der Waals surface area contributed by atoms with E-state index in [9.17, 15) is 5.11 Å². The van der Waals surface area contributed by atoms with E-state index in [1.165, 1.54) is 30.4 Å². The van der Waals surface area contributed by atoms with Gasteiger partial charge in [-0.2, -0.15) is 0 Å². The van der Waals surface area contributed by atoms with E-state index in [1.54, 1.807) is 6.07 Å². The second-order valence-electron chi connectivity index (χ2n) is 5.27.